The van der Waals surface area contributed by atoms with E-state index < -0.39 is 11.2 Å². The summed E-state index contributed by atoms with van der Waals surface area (Å²) in [6, 6.07) is 5.13. The molecule has 0 fully saturated rings. The largest absolute Gasteiger partial charge is 0.609 e. The normalized spacial score (nSPS) is 12.2. The zero-order valence-electron chi connectivity index (χ0n) is 13.4. The first kappa shape index (κ1) is 16.3. The van der Waals surface area contributed by atoms with Gasteiger partial charge in [0.25, 0.3) is 0 Å². The molecule has 9 heteroatoms. The standard InChI is InChI=1S/C15H16N4O4S/c1-21-11-6-7-16-10(13(11)23-3)8-24(20)15-17-9-4-5-12(22-2)18-14(9)19-15/h4-7H,8H2,1-3H3,(H,17,18,19)/t24-/m0/s1. The molecule has 24 heavy (non-hydrogen) atoms. The van der Waals surface area contributed by atoms with E-state index in [-0.39, 0.29) is 5.75 Å². The molecule has 0 unspecified atom stereocenters. The highest BCUT2D eigenvalue weighted by Gasteiger charge is 2.22. The first-order valence-electron chi connectivity index (χ1n) is 7.01. The van der Waals surface area contributed by atoms with Gasteiger partial charge in [-0.3, -0.25) is 9.97 Å². The average molecular weight is 348 g/mol. The molecule has 0 bridgehead atoms. The van der Waals surface area contributed by atoms with Gasteiger partial charge in [-0.1, -0.05) is 0 Å². The lowest BCUT2D eigenvalue weighted by atomic mass is 10.3. The fourth-order valence-corrected chi connectivity index (χ4v) is 3.22. The summed E-state index contributed by atoms with van der Waals surface area (Å²) in [6.45, 7) is 0. The first-order chi connectivity index (χ1) is 11.7. The Bertz CT molecular complexity index is 855. The lowest BCUT2D eigenvalue weighted by Crippen LogP contribution is -2.10. The predicted molar refractivity (Wildman–Crippen MR) is 87.9 cm³/mol. The van der Waals surface area contributed by atoms with Crippen molar-refractivity contribution in [2.45, 2.75) is 10.9 Å². The highest BCUT2D eigenvalue weighted by atomic mass is 32.2. The second-order valence-corrected chi connectivity index (χ2v) is 6.11. The van der Waals surface area contributed by atoms with E-state index in [9.17, 15) is 4.55 Å². The van der Waals surface area contributed by atoms with Crippen molar-refractivity contribution in [2.75, 3.05) is 21.3 Å². The van der Waals surface area contributed by atoms with Crippen LogP contribution in [0, 0.1) is 0 Å². The lowest BCUT2D eigenvalue weighted by molar-refractivity contribution is 0.350. The predicted octanol–water partition coefficient (Wildman–Crippen LogP) is 1.69. The summed E-state index contributed by atoms with van der Waals surface area (Å²) in [5, 5.41) is 0.317. The maximum absolute atomic E-state index is 12.6. The van der Waals surface area contributed by atoms with Crippen molar-refractivity contribution in [3.8, 4) is 17.4 Å². The van der Waals surface area contributed by atoms with Crippen LogP contribution in [0.4, 0.5) is 0 Å². The second-order valence-electron chi connectivity index (χ2n) is 4.75. The second kappa shape index (κ2) is 6.93. The number of nitrogens with one attached hydrogen (secondary N) is 1. The smallest absolute Gasteiger partial charge is 0.323 e. The fourth-order valence-electron chi connectivity index (χ4n) is 2.22. The number of imidazole rings is 1. The number of aromatic amines is 1. The summed E-state index contributed by atoms with van der Waals surface area (Å²) in [5.74, 6) is 1.59. The van der Waals surface area contributed by atoms with Crippen LogP contribution in [-0.4, -0.2) is 45.8 Å². The van der Waals surface area contributed by atoms with Crippen LogP contribution in [0.25, 0.3) is 11.2 Å². The van der Waals surface area contributed by atoms with Crippen LogP contribution in [0.1, 0.15) is 5.69 Å². The van der Waals surface area contributed by atoms with Crippen LogP contribution >= 0.6 is 0 Å². The van der Waals surface area contributed by atoms with Gasteiger partial charge in [0.1, 0.15) is 11.2 Å². The maximum atomic E-state index is 12.6. The van der Waals surface area contributed by atoms with E-state index in [4.69, 9.17) is 14.2 Å². The molecule has 0 radical (unpaired) electrons. The van der Waals surface area contributed by atoms with E-state index in [1.807, 2.05) is 0 Å². The van der Waals surface area contributed by atoms with Crippen LogP contribution in [-0.2, 0) is 16.9 Å². The number of nitrogens with zero attached hydrogens (tertiary/aromatic N) is 3. The van der Waals surface area contributed by atoms with E-state index in [2.05, 4.69) is 19.9 Å². The number of methoxy groups -OCH3 is 3. The summed E-state index contributed by atoms with van der Waals surface area (Å²) in [6.07, 6.45) is 1.58. The summed E-state index contributed by atoms with van der Waals surface area (Å²) < 4.78 is 28.2. The molecule has 0 aliphatic heterocycles. The third-order valence-corrected chi connectivity index (χ3v) is 4.51. The van der Waals surface area contributed by atoms with Crippen LogP contribution < -0.4 is 14.2 Å². The lowest BCUT2D eigenvalue weighted by Gasteiger charge is -2.12. The molecule has 0 spiro atoms. The molecule has 3 aromatic heterocycles. The van der Waals surface area contributed by atoms with Crippen molar-refractivity contribution in [1.29, 1.82) is 0 Å². The molecule has 1 N–H and O–H groups in total. The zero-order chi connectivity index (χ0) is 17.1. The van der Waals surface area contributed by atoms with Gasteiger partial charge < -0.3 is 18.8 Å². The van der Waals surface area contributed by atoms with Crippen LogP contribution in [0.3, 0.4) is 0 Å². The Morgan fingerprint density at radius 2 is 1.92 bits per heavy atom. The van der Waals surface area contributed by atoms with Gasteiger partial charge in [-0.05, 0) is 6.07 Å². The number of aromatic nitrogens is 4. The van der Waals surface area contributed by atoms with Crippen molar-refractivity contribution < 1.29 is 18.8 Å². The molecule has 3 aromatic rings. The van der Waals surface area contributed by atoms with E-state index in [1.54, 1.807) is 24.4 Å². The Morgan fingerprint density at radius 3 is 2.62 bits per heavy atom. The van der Waals surface area contributed by atoms with E-state index in [1.165, 1.54) is 21.3 Å². The highest BCUT2D eigenvalue weighted by Crippen LogP contribution is 2.31. The molecule has 0 aliphatic carbocycles. The van der Waals surface area contributed by atoms with Crippen molar-refractivity contribution in [3.63, 3.8) is 0 Å². The quantitative estimate of drug-likeness (QED) is 0.676. The topological polar surface area (TPSA) is 105 Å². The van der Waals surface area contributed by atoms with E-state index in [0.29, 0.717) is 39.4 Å². The molecule has 0 saturated carbocycles. The van der Waals surface area contributed by atoms with Gasteiger partial charge in [0.15, 0.2) is 22.9 Å². The minimum Gasteiger partial charge on any atom is -0.609 e. The van der Waals surface area contributed by atoms with E-state index in [0.717, 1.165) is 0 Å². The summed E-state index contributed by atoms with van der Waals surface area (Å²) in [4.78, 5) is 15.7. The number of H-pyrrole nitrogens is 1. The van der Waals surface area contributed by atoms with Crippen molar-refractivity contribution in [2.24, 2.45) is 0 Å². The third kappa shape index (κ3) is 3.08. The van der Waals surface area contributed by atoms with Gasteiger partial charge >= 0.3 is 5.16 Å². The molecule has 0 aromatic carbocycles. The average Bonchev–Trinajstić information content (AvgIpc) is 3.04. The van der Waals surface area contributed by atoms with Gasteiger partial charge in [0.2, 0.25) is 5.88 Å². The van der Waals surface area contributed by atoms with Crippen LogP contribution in [0.15, 0.2) is 29.6 Å². The molecular weight excluding hydrogens is 332 g/mol. The van der Waals surface area contributed by atoms with Gasteiger partial charge in [-0.2, -0.15) is 9.97 Å². The number of hydrogen-bond acceptors (Lipinski definition) is 7. The summed E-state index contributed by atoms with van der Waals surface area (Å²) >= 11 is -1.44. The van der Waals surface area contributed by atoms with Gasteiger partial charge in [-0.15, -0.1) is 0 Å². The molecule has 3 heterocycles. The molecule has 126 valence electrons. The molecule has 0 saturated heterocycles. The number of fused-ring (bicyclic) bond motifs is 1. The highest BCUT2D eigenvalue weighted by molar-refractivity contribution is 7.90. The van der Waals surface area contributed by atoms with Crippen molar-refractivity contribution in [1.82, 2.24) is 19.9 Å². The number of rotatable bonds is 6. The molecule has 3 rings (SSSR count). The Hall–Kier alpha value is -2.52. The van der Waals surface area contributed by atoms with Gasteiger partial charge in [0.05, 0.1) is 21.3 Å². The van der Waals surface area contributed by atoms with Crippen LogP contribution in [0.2, 0.25) is 0 Å². The third-order valence-electron chi connectivity index (χ3n) is 3.35. The molecule has 0 amide bonds. The first-order valence-corrected chi connectivity index (χ1v) is 8.33. The molecule has 0 aliphatic rings. The van der Waals surface area contributed by atoms with Gasteiger partial charge in [0, 0.05) is 29.5 Å². The minimum atomic E-state index is -1.44. The Balaban J connectivity index is 1.88. The van der Waals surface area contributed by atoms with Crippen molar-refractivity contribution >= 4 is 22.3 Å². The molecule has 8 nitrogen and oxygen atoms in total. The summed E-state index contributed by atoms with van der Waals surface area (Å²) in [7, 11) is 4.59. The Morgan fingerprint density at radius 1 is 1.08 bits per heavy atom. The number of pyridine rings is 2. The van der Waals surface area contributed by atoms with Gasteiger partial charge in [-0.25, -0.2) is 0 Å². The Labute approximate surface area is 141 Å². The Kier molecular flexibility index (Phi) is 4.72. The monoisotopic (exact) mass is 348 g/mol. The minimum absolute atomic E-state index is 0.136. The number of ether oxygens (including phenoxy) is 3. The van der Waals surface area contributed by atoms with E-state index >= 15 is 0 Å². The summed E-state index contributed by atoms with van der Waals surface area (Å²) in [5.41, 5.74) is 1.66. The SMILES string of the molecule is COc1ccc2nc([S@@+]([O-])Cc3nccc(OC)c3OC)[nH]c2n1. The number of hydrogen-bond donors (Lipinski definition) is 1. The zero-order valence-corrected chi connectivity index (χ0v) is 14.2. The fraction of sp³-hybridized carbons (Fsp3) is 0.267. The van der Waals surface area contributed by atoms with Crippen molar-refractivity contribution in [3.05, 3.63) is 30.1 Å². The molecular formula is C15H16N4O4S. The maximum Gasteiger partial charge on any atom is 0.323 e. The van der Waals surface area contributed by atoms with Crippen LogP contribution in [0.5, 0.6) is 17.4 Å². The molecule has 1 atom stereocenters.